The van der Waals surface area contributed by atoms with Crippen LogP contribution < -0.4 is 5.56 Å². The zero-order valence-corrected chi connectivity index (χ0v) is 14.1. The first kappa shape index (κ1) is 14.9. The average Bonchev–Trinajstić information content (AvgIpc) is 3.03. The van der Waals surface area contributed by atoms with E-state index in [0.29, 0.717) is 22.5 Å². The van der Waals surface area contributed by atoms with Crippen LogP contribution in [0, 0.1) is 13.8 Å². The predicted octanol–water partition coefficient (Wildman–Crippen LogP) is 3.59. The van der Waals surface area contributed by atoms with Gasteiger partial charge in [-0.2, -0.15) is 5.10 Å². The number of nitrogens with one attached hydrogen (secondary N) is 1. The van der Waals surface area contributed by atoms with Crippen molar-refractivity contribution in [1.82, 2.24) is 19.7 Å². The highest BCUT2D eigenvalue weighted by atomic mass is 35.5. The molecule has 4 aromatic rings. The lowest BCUT2D eigenvalue weighted by atomic mass is 10.1. The summed E-state index contributed by atoms with van der Waals surface area (Å²) >= 11 is 6.35. The second-order valence-corrected chi connectivity index (χ2v) is 6.38. The quantitative estimate of drug-likeness (QED) is 0.607. The van der Waals surface area contributed by atoms with Crippen molar-refractivity contribution in [2.24, 2.45) is 0 Å². The highest BCUT2D eigenvalue weighted by molar-refractivity contribution is 6.35. The zero-order valence-electron chi connectivity index (χ0n) is 13.3. The maximum absolute atomic E-state index is 12.8. The van der Waals surface area contributed by atoms with Crippen LogP contribution in [0.4, 0.5) is 0 Å². The highest BCUT2D eigenvalue weighted by Gasteiger charge is 2.12. The lowest BCUT2D eigenvalue weighted by molar-refractivity contribution is 0.749. The number of hydrogen-bond acceptors (Lipinski definition) is 3. The van der Waals surface area contributed by atoms with Crippen molar-refractivity contribution in [2.45, 2.75) is 20.4 Å². The van der Waals surface area contributed by atoms with Gasteiger partial charge in [-0.3, -0.25) is 14.5 Å². The highest BCUT2D eigenvalue weighted by Crippen LogP contribution is 2.26. The van der Waals surface area contributed by atoms with Crippen molar-refractivity contribution in [2.75, 3.05) is 0 Å². The first-order chi connectivity index (χ1) is 11.5. The second-order valence-electron chi connectivity index (χ2n) is 6.00. The van der Waals surface area contributed by atoms with E-state index in [2.05, 4.69) is 15.2 Å². The molecule has 0 unspecified atom stereocenters. The average molecular weight is 339 g/mol. The Hall–Kier alpha value is -2.66. The molecule has 0 spiro atoms. The van der Waals surface area contributed by atoms with Crippen LogP contribution in [-0.2, 0) is 6.54 Å². The fourth-order valence-corrected chi connectivity index (χ4v) is 3.18. The third-order valence-corrected chi connectivity index (χ3v) is 4.88. The van der Waals surface area contributed by atoms with Crippen molar-refractivity contribution in [3.63, 3.8) is 0 Å². The molecule has 0 bridgehead atoms. The Morgan fingerprint density at radius 2 is 2.08 bits per heavy atom. The lowest BCUT2D eigenvalue weighted by Gasteiger charge is -2.10. The van der Waals surface area contributed by atoms with E-state index in [1.54, 1.807) is 17.1 Å². The summed E-state index contributed by atoms with van der Waals surface area (Å²) in [6.07, 6.45) is 3.33. The summed E-state index contributed by atoms with van der Waals surface area (Å²) in [6, 6.07) is 7.83. The Morgan fingerprint density at radius 3 is 2.92 bits per heavy atom. The summed E-state index contributed by atoms with van der Waals surface area (Å²) in [5.74, 6) is 0. The summed E-state index contributed by atoms with van der Waals surface area (Å²) < 4.78 is 1.60. The van der Waals surface area contributed by atoms with Gasteiger partial charge in [-0.05, 0) is 42.7 Å². The maximum Gasteiger partial charge on any atom is 0.261 e. The molecule has 24 heavy (non-hydrogen) atoms. The number of aryl methyl sites for hydroxylation is 1. The third-order valence-electron chi connectivity index (χ3n) is 4.42. The Bertz CT molecular complexity index is 1140. The Kier molecular flexibility index (Phi) is 3.39. The van der Waals surface area contributed by atoms with Gasteiger partial charge < -0.3 is 0 Å². The number of aromatic nitrogens is 4. The first-order valence-corrected chi connectivity index (χ1v) is 7.99. The molecule has 2 aromatic carbocycles. The number of benzene rings is 2. The minimum Gasteiger partial charge on any atom is -0.294 e. The number of fused-ring (bicyclic) bond motifs is 2. The first-order valence-electron chi connectivity index (χ1n) is 7.61. The molecule has 6 heteroatoms. The van der Waals surface area contributed by atoms with Crippen LogP contribution >= 0.6 is 11.6 Å². The number of aromatic amines is 1. The van der Waals surface area contributed by atoms with Gasteiger partial charge in [-0.25, -0.2) is 4.98 Å². The fourth-order valence-electron chi connectivity index (χ4n) is 2.88. The van der Waals surface area contributed by atoms with Crippen LogP contribution in [-0.4, -0.2) is 19.7 Å². The van der Waals surface area contributed by atoms with Gasteiger partial charge in [-0.15, -0.1) is 0 Å². The van der Waals surface area contributed by atoms with Crippen molar-refractivity contribution in [3.8, 4) is 0 Å². The number of hydrogen-bond donors (Lipinski definition) is 1. The number of halogens is 1. The Balaban J connectivity index is 1.83. The molecule has 5 nitrogen and oxygen atoms in total. The van der Waals surface area contributed by atoms with Crippen LogP contribution in [0.1, 0.15) is 16.7 Å². The third kappa shape index (κ3) is 2.29. The zero-order chi connectivity index (χ0) is 16.8. The molecule has 0 radical (unpaired) electrons. The van der Waals surface area contributed by atoms with Crippen LogP contribution in [0.2, 0.25) is 5.02 Å². The lowest BCUT2D eigenvalue weighted by Crippen LogP contribution is -2.21. The van der Waals surface area contributed by atoms with E-state index in [-0.39, 0.29) is 5.56 Å². The van der Waals surface area contributed by atoms with Gasteiger partial charge in [0.05, 0.1) is 40.5 Å². The normalized spacial score (nSPS) is 11.5. The van der Waals surface area contributed by atoms with Gasteiger partial charge in [0.15, 0.2) is 0 Å². The maximum atomic E-state index is 12.8. The van der Waals surface area contributed by atoms with Gasteiger partial charge in [0.1, 0.15) is 0 Å². The molecule has 0 atom stereocenters. The molecule has 1 N–H and O–H groups in total. The van der Waals surface area contributed by atoms with Crippen molar-refractivity contribution in [1.29, 1.82) is 0 Å². The molecular weight excluding hydrogens is 324 g/mol. The molecule has 4 rings (SSSR count). The standard InChI is InChI=1S/C18H15ClN4O/c1-10-5-14-17(16(19)11(10)2)20-9-23(18(14)24)8-12-3-4-13-7-21-22-15(13)6-12/h3-7,9H,8H2,1-2H3,(H,21,22). The molecule has 0 aliphatic rings. The molecule has 2 aromatic heterocycles. The van der Waals surface area contributed by atoms with Crippen molar-refractivity contribution < 1.29 is 0 Å². The van der Waals surface area contributed by atoms with Gasteiger partial charge in [0.2, 0.25) is 0 Å². The van der Waals surface area contributed by atoms with Gasteiger partial charge in [0, 0.05) is 5.39 Å². The van der Waals surface area contributed by atoms with Gasteiger partial charge in [-0.1, -0.05) is 23.7 Å². The monoisotopic (exact) mass is 338 g/mol. The van der Waals surface area contributed by atoms with Crippen LogP contribution in [0.15, 0.2) is 41.6 Å². The van der Waals surface area contributed by atoms with E-state index in [4.69, 9.17) is 11.6 Å². The molecule has 0 aliphatic carbocycles. The largest absolute Gasteiger partial charge is 0.294 e. The van der Waals surface area contributed by atoms with Gasteiger partial charge in [0.25, 0.3) is 5.56 Å². The van der Waals surface area contributed by atoms with Gasteiger partial charge >= 0.3 is 0 Å². The topological polar surface area (TPSA) is 63.6 Å². The molecule has 0 saturated carbocycles. The van der Waals surface area contributed by atoms with E-state index in [1.165, 1.54) is 0 Å². The predicted molar refractivity (Wildman–Crippen MR) is 95.7 cm³/mol. The Labute approximate surface area is 142 Å². The second kappa shape index (κ2) is 5.46. The smallest absolute Gasteiger partial charge is 0.261 e. The number of rotatable bonds is 2. The van der Waals surface area contributed by atoms with E-state index in [1.807, 2.05) is 38.1 Å². The van der Waals surface area contributed by atoms with E-state index < -0.39 is 0 Å². The molecule has 0 fully saturated rings. The summed E-state index contributed by atoms with van der Waals surface area (Å²) in [5, 5.41) is 9.10. The summed E-state index contributed by atoms with van der Waals surface area (Å²) in [7, 11) is 0. The summed E-state index contributed by atoms with van der Waals surface area (Å²) in [4.78, 5) is 17.2. The fraction of sp³-hybridized carbons (Fsp3) is 0.167. The molecule has 0 saturated heterocycles. The summed E-state index contributed by atoms with van der Waals surface area (Å²) in [5.41, 5.74) is 4.37. The van der Waals surface area contributed by atoms with Crippen LogP contribution in [0.25, 0.3) is 21.8 Å². The minimum absolute atomic E-state index is 0.0882. The minimum atomic E-state index is -0.0882. The van der Waals surface area contributed by atoms with E-state index in [0.717, 1.165) is 27.6 Å². The van der Waals surface area contributed by atoms with Crippen LogP contribution in [0.5, 0.6) is 0 Å². The SMILES string of the molecule is Cc1cc2c(=O)n(Cc3ccc4cn[nH]c4c3)cnc2c(Cl)c1C. The molecular formula is C18H15ClN4O. The summed E-state index contributed by atoms with van der Waals surface area (Å²) in [6.45, 7) is 4.33. The van der Waals surface area contributed by atoms with E-state index >= 15 is 0 Å². The Morgan fingerprint density at radius 1 is 1.25 bits per heavy atom. The van der Waals surface area contributed by atoms with E-state index in [9.17, 15) is 4.79 Å². The van der Waals surface area contributed by atoms with Crippen molar-refractivity contribution >= 4 is 33.4 Å². The molecule has 120 valence electrons. The molecule has 2 heterocycles. The number of H-pyrrole nitrogens is 1. The number of nitrogens with zero attached hydrogens (tertiary/aromatic N) is 3. The van der Waals surface area contributed by atoms with Crippen LogP contribution in [0.3, 0.4) is 0 Å². The molecule has 0 amide bonds. The van der Waals surface area contributed by atoms with Crippen molar-refractivity contribution in [3.05, 3.63) is 68.9 Å². The molecule has 0 aliphatic heterocycles.